The van der Waals surface area contributed by atoms with Crippen molar-refractivity contribution in [2.24, 2.45) is 11.1 Å². The van der Waals surface area contributed by atoms with Gasteiger partial charge >= 0.3 is 11.9 Å². The molecule has 1 spiro atoms. The number of nitrogens with two attached hydrogens (primary N) is 1. The van der Waals surface area contributed by atoms with Crippen LogP contribution in [0.25, 0.3) is 0 Å². The fourth-order valence-electron chi connectivity index (χ4n) is 6.23. The lowest BCUT2D eigenvalue weighted by molar-refractivity contribution is -0.138. The number of hydrogen-bond acceptors (Lipinski definition) is 5. The number of likely N-dealkylation sites (tertiary alicyclic amines) is 1. The van der Waals surface area contributed by atoms with Gasteiger partial charge in [0.2, 0.25) is 0 Å². The van der Waals surface area contributed by atoms with Crippen LogP contribution < -0.4 is 17.0 Å². The van der Waals surface area contributed by atoms with E-state index in [0.717, 1.165) is 33.9 Å². The molecule has 0 saturated carbocycles. The Morgan fingerprint density at radius 2 is 1.64 bits per heavy atom. The molecule has 0 bridgehead atoms. The summed E-state index contributed by atoms with van der Waals surface area (Å²) >= 11 is 0. The summed E-state index contributed by atoms with van der Waals surface area (Å²) in [5.74, 6) is -1.09. The summed E-state index contributed by atoms with van der Waals surface area (Å²) in [6.07, 6.45) is -3.89. The van der Waals surface area contributed by atoms with Crippen molar-refractivity contribution in [2.45, 2.75) is 71.1 Å². The van der Waals surface area contributed by atoms with Gasteiger partial charge in [-0.25, -0.2) is 9.18 Å². The molecule has 7 nitrogen and oxygen atoms in total. The van der Waals surface area contributed by atoms with Crippen molar-refractivity contribution in [2.75, 3.05) is 19.6 Å². The maximum absolute atomic E-state index is 14.9. The molecule has 2 N–H and O–H groups in total. The molecule has 0 unspecified atom stereocenters. The smallest absolute Gasteiger partial charge is 0.364 e. The van der Waals surface area contributed by atoms with Crippen LogP contribution in [0.5, 0.6) is 0 Å². The van der Waals surface area contributed by atoms with Crippen molar-refractivity contribution in [1.82, 2.24) is 14.0 Å². The average molecular weight is 589 g/mol. The molecule has 1 saturated heterocycles. The van der Waals surface area contributed by atoms with Gasteiger partial charge in [-0.2, -0.15) is 13.2 Å². The molecule has 0 amide bonds. The van der Waals surface area contributed by atoms with Crippen molar-refractivity contribution >= 4 is 0 Å². The fourth-order valence-corrected chi connectivity index (χ4v) is 6.23. The Labute approximate surface area is 241 Å². The Bertz CT molecular complexity index is 1570. The maximum Gasteiger partial charge on any atom is 0.416 e. The average Bonchev–Trinajstić information content (AvgIpc) is 3.28. The molecule has 2 aliphatic heterocycles. The van der Waals surface area contributed by atoms with Gasteiger partial charge in [0.15, 0.2) is 0 Å². The van der Waals surface area contributed by atoms with E-state index in [-0.39, 0.29) is 29.8 Å². The second kappa shape index (κ2) is 11.1. The molecule has 226 valence electrons. The van der Waals surface area contributed by atoms with Crippen molar-refractivity contribution in [1.29, 1.82) is 0 Å². The highest BCUT2D eigenvalue weighted by atomic mass is 19.4. The molecule has 2 aliphatic rings. The number of ether oxygens (including phenoxy) is 1. The van der Waals surface area contributed by atoms with Crippen LogP contribution in [0.2, 0.25) is 0 Å². The summed E-state index contributed by atoms with van der Waals surface area (Å²) in [4.78, 5) is 30.2. The fraction of sp³-hybridized carbons (Fsp3) is 0.484. The zero-order valence-electron chi connectivity index (χ0n) is 24.0. The Balaban J connectivity index is 1.63. The number of piperidine rings is 1. The van der Waals surface area contributed by atoms with Crippen LogP contribution in [-0.2, 0) is 36.2 Å². The number of fused-ring (bicyclic) bond motifs is 2. The van der Waals surface area contributed by atoms with E-state index in [0.29, 0.717) is 31.5 Å². The molecule has 0 aliphatic carbocycles. The number of aromatic nitrogens is 2. The van der Waals surface area contributed by atoms with E-state index in [2.05, 4.69) is 25.7 Å². The van der Waals surface area contributed by atoms with Crippen LogP contribution in [-0.4, -0.2) is 33.7 Å². The summed E-state index contributed by atoms with van der Waals surface area (Å²) in [5, 5.41) is 0. The predicted octanol–water partition coefficient (Wildman–Crippen LogP) is 4.78. The van der Waals surface area contributed by atoms with Gasteiger partial charge in [-0.1, -0.05) is 57.2 Å². The van der Waals surface area contributed by atoms with Gasteiger partial charge in [-0.05, 0) is 36.0 Å². The molecular weight excluding hydrogens is 552 g/mol. The third-order valence-electron chi connectivity index (χ3n) is 8.19. The van der Waals surface area contributed by atoms with E-state index in [4.69, 9.17) is 10.5 Å². The first-order chi connectivity index (χ1) is 19.7. The quantitative estimate of drug-likeness (QED) is 0.419. The normalized spacial score (nSPS) is 17.9. The molecule has 11 heteroatoms. The maximum atomic E-state index is 14.9. The van der Waals surface area contributed by atoms with E-state index in [1.807, 2.05) is 6.07 Å². The summed E-state index contributed by atoms with van der Waals surface area (Å²) < 4.78 is 64.9. The van der Waals surface area contributed by atoms with E-state index in [1.54, 1.807) is 24.3 Å². The highest BCUT2D eigenvalue weighted by Crippen LogP contribution is 2.43. The summed E-state index contributed by atoms with van der Waals surface area (Å²) in [6, 6.07) is 10.9. The zero-order chi connectivity index (χ0) is 30.4. The molecule has 0 radical (unpaired) electrons. The van der Waals surface area contributed by atoms with E-state index < -0.39 is 52.6 Å². The second-order valence-corrected chi connectivity index (χ2v) is 12.5. The first-order valence-electron chi connectivity index (χ1n) is 14.1. The van der Waals surface area contributed by atoms with Gasteiger partial charge < -0.3 is 15.4 Å². The molecule has 5 rings (SSSR count). The van der Waals surface area contributed by atoms with Crippen LogP contribution in [0.15, 0.2) is 58.1 Å². The number of nitrogens with zero attached hydrogens (tertiary/aromatic N) is 3. The highest BCUT2D eigenvalue weighted by molar-refractivity contribution is 5.35. The lowest BCUT2D eigenvalue weighted by Gasteiger charge is -2.41. The van der Waals surface area contributed by atoms with Crippen LogP contribution in [0.1, 0.15) is 67.6 Å². The third-order valence-corrected chi connectivity index (χ3v) is 8.19. The van der Waals surface area contributed by atoms with Gasteiger partial charge in [0.05, 0.1) is 36.5 Å². The van der Waals surface area contributed by atoms with Gasteiger partial charge in [-0.15, -0.1) is 0 Å². The molecular formula is C31H36F4N4O3. The molecule has 42 heavy (non-hydrogen) atoms. The van der Waals surface area contributed by atoms with Crippen molar-refractivity contribution in [3.8, 4) is 0 Å². The minimum Gasteiger partial charge on any atom is -0.364 e. The van der Waals surface area contributed by atoms with Crippen molar-refractivity contribution < 1.29 is 22.3 Å². The van der Waals surface area contributed by atoms with Crippen LogP contribution in [0, 0.1) is 11.2 Å². The largest absolute Gasteiger partial charge is 0.416 e. The Morgan fingerprint density at radius 1 is 0.976 bits per heavy atom. The lowest BCUT2D eigenvalue weighted by atomic mass is 9.84. The number of rotatable bonds is 6. The third kappa shape index (κ3) is 5.82. The van der Waals surface area contributed by atoms with Crippen LogP contribution >= 0.6 is 0 Å². The van der Waals surface area contributed by atoms with E-state index in [1.165, 1.54) is 0 Å². The second-order valence-electron chi connectivity index (χ2n) is 12.5. The first kappa shape index (κ1) is 30.2. The molecule has 1 aromatic heterocycles. The number of hydrogen-bond donors (Lipinski definition) is 1. The SMILES string of the molecule is CC(C)(C)CN1CCC2(CC1)OCc1c2c(=O)n(C[C@H](N)c2ccccc2)c(=O)n1Cc1c(F)cccc1C(F)(F)F. The van der Waals surface area contributed by atoms with Crippen molar-refractivity contribution in [3.63, 3.8) is 0 Å². The molecule has 1 fully saturated rings. The lowest BCUT2D eigenvalue weighted by Crippen LogP contribution is -2.50. The Kier molecular flexibility index (Phi) is 7.97. The van der Waals surface area contributed by atoms with Crippen LogP contribution in [0.4, 0.5) is 17.6 Å². The van der Waals surface area contributed by atoms with E-state index >= 15 is 0 Å². The van der Waals surface area contributed by atoms with Gasteiger partial charge in [0.25, 0.3) is 5.56 Å². The summed E-state index contributed by atoms with van der Waals surface area (Å²) in [6.45, 7) is 7.51. The Morgan fingerprint density at radius 3 is 2.26 bits per heavy atom. The number of benzene rings is 2. The molecule has 3 heterocycles. The monoisotopic (exact) mass is 588 g/mol. The number of halogens is 4. The molecule has 2 aromatic carbocycles. The molecule has 3 aromatic rings. The highest BCUT2D eigenvalue weighted by Gasteiger charge is 2.47. The minimum absolute atomic E-state index is 0.0651. The zero-order valence-corrected chi connectivity index (χ0v) is 24.0. The Hall–Kier alpha value is -3.28. The molecule has 1 atom stereocenters. The standard InChI is InChI=1S/C31H36F4N4O3/c1-29(2,3)19-37-14-12-30(13-15-37)26-25(18-42-30)38(16-21-22(31(33,34)35)10-7-11-23(21)32)28(41)39(27(26)40)17-24(36)20-8-5-4-6-9-20/h4-11,24H,12-19,36H2,1-3H3/t24-/m0/s1. The topological polar surface area (TPSA) is 82.5 Å². The van der Waals surface area contributed by atoms with Gasteiger partial charge in [0, 0.05) is 31.2 Å². The first-order valence-corrected chi connectivity index (χ1v) is 14.1. The summed E-state index contributed by atoms with van der Waals surface area (Å²) in [7, 11) is 0. The number of alkyl halides is 3. The van der Waals surface area contributed by atoms with E-state index in [9.17, 15) is 27.2 Å². The van der Waals surface area contributed by atoms with Gasteiger partial charge in [-0.3, -0.25) is 13.9 Å². The van der Waals surface area contributed by atoms with Crippen molar-refractivity contribution in [3.05, 3.63) is 103 Å². The minimum atomic E-state index is -4.84. The van der Waals surface area contributed by atoms with Gasteiger partial charge in [0.1, 0.15) is 11.4 Å². The van der Waals surface area contributed by atoms with Crippen LogP contribution in [0.3, 0.4) is 0 Å². The summed E-state index contributed by atoms with van der Waals surface area (Å²) in [5.41, 5.74) is 3.33. The predicted molar refractivity (Wildman–Crippen MR) is 150 cm³/mol.